The lowest BCUT2D eigenvalue weighted by atomic mass is 9.94. The van der Waals surface area contributed by atoms with Gasteiger partial charge in [-0.15, -0.1) is 11.3 Å². The zero-order valence-electron chi connectivity index (χ0n) is 12.1. The molecule has 2 aliphatic carbocycles. The smallest absolute Gasteiger partial charge is 0.252 e. The monoisotopic (exact) mass is 326 g/mol. The van der Waals surface area contributed by atoms with Gasteiger partial charge in [-0.25, -0.2) is 8.42 Å². The molecule has 3 fully saturated rings. The Morgan fingerprint density at radius 3 is 2.81 bits per heavy atom. The van der Waals surface area contributed by atoms with E-state index in [9.17, 15) is 8.42 Å². The molecule has 1 N–H and O–H groups in total. The van der Waals surface area contributed by atoms with Crippen LogP contribution in [0.25, 0.3) is 0 Å². The second kappa shape index (κ2) is 5.33. The minimum atomic E-state index is -3.26. The Bertz CT molecular complexity index is 599. The molecule has 0 aromatic carbocycles. The van der Waals surface area contributed by atoms with Gasteiger partial charge in [0.2, 0.25) is 0 Å². The number of nitrogens with one attached hydrogen (secondary N) is 1. The van der Waals surface area contributed by atoms with Crippen LogP contribution >= 0.6 is 11.3 Å². The predicted molar refractivity (Wildman–Crippen MR) is 83.9 cm³/mol. The van der Waals surface area contributed by atoms with Crippen LogP contribution in [0.2, 0.25) is 0 Å². The molecule has 3 aliphatic rings. The first-order valence-corrected chi connectivity index (χ1v) is 10.2. The maximum absolute atomic E-state index is 12.5. The number of rotatable bonds is 4. The molecule has 1 unspecified atom stereocenters. The molecule has 1 aromatic rings. The Kier molecular flexibility index (Phi) is 3.60. The van der Waals surface area contributed by atoms with Crippen LogP contribution in [0.1, 0.15) is 32.1 Å². The Balaban J connectivity index is 1.39. The van der Waals surface area contributed by atoms with Crippen molar-refractivity contribution >= 4 is 21.4 Å². The largest absolute Gasteiger partial charge is 0.310 e. The summed E-state index contributed by atoms with van der Waals surface area (Å²) < 4.78 is 27.2. The number of thiophene rings is 1. The molecule has 2 saturated carbocycles. The van der Waals surface area contributed by atoms with E-state index < -0.39 is 10.0 Å². The van der Waals surface area contributed by atoms with Crippen molar-refractivity contribution in [1.29, 1.82) is 0 Å². The van der Waals surface area contributed by atoms with Gasteiger partial charge in [0.1, 0.15) is 4.21 Å². The summed E-state index contributed by atoms with van der Waals surface area (Å²) in [6.45, 7) is 1.28. The van der Waals surface area contributed by atoms with Gasteiger partial charge in [-0.3, -0.25) is 0 Å². The number of sulfonamides is 1. The van der Waals surface area contributed by atoms with E-state index in [1.54, 1.807) is 16.4 Å². The van der Waals surface area contributed by atoms with E-state index in [0.29, 0.717) is 29.4 Å². The fourth-order valence-electron chi connectivity index (χ4n) is 4.37. The number of nitrogens with zero attached hydrogens (tertiary/aromatic N) is 1. The van der Waals surface area contributed by atoms with E-state index in [4.69, 9.17) is 0 Å². The van der Waals surface area contributed by atoms with Gasteiger partial charge in [-0.1, -0.05) is 12.5 Å². The molecule has 2 heterocycles. The first kappa shape index (κ1) is 14.2. The summed E-state index contributed by atoms with van der Waals surface area (Å²) in [5.74, 6) is 1.78. The third kappa shape index (κ3) is 2.56. The normalized spacial score (nSPS) is 36.6. The molecule has 1 aromatic heterocycles. The molecule has 1 saturated heterocycles. The molecule has 4 nitrogen and oxygen atoms in total. The van der Waals surface area contributed by atoms with Crippen molar-refractivity contribution < 1.29 is 8.42 Å². The molecular formula is C15H22N2O2S2. The van der Waals surface area contributed by atoms with E-state index in [1.807, 2.05) is 5.38 Å². The van der Waals surface area contributed by atoms with Crippen LogP contribution in [0.15, 0.2) is 21.7 Å². The number of fused-ring (bicyclic) bond motifs is 2. The summed E-state index contributed by atoms with van der Waals surface area (Å²) in [5, 5.41) is 5.58. The quantitative estimate of drug-likeness (QED) is 0.923. The number of hydrogen-bond donors (Lipinski definition) is 1. The highest BCUT2D eigenvalue weighted by Crippen LogP contribution is 2.44. The summed E-state index contributed by atoms with van der Waals surface area (Å²) in [6.07, 6.45) is 6.41. The first-order valence-electron chi connectivity index (χ1n) is 7.92. The molecule has 6 heteroatoms. The van der Waals surface area contributed by atoms with Gasteiger partial charge < -0.3 is 5.32 Å². The minimum Gasteiger partial charge on any atom is -0.310 e. The Morgan fingerprint density at radius 1 is 1.24 bits per heavy atom. The Morgan fingerprint density at radius 2 is 2.14 bits per heavy atom. The van der Waals surface area contributed by atoms with Crippen molar-refractivity contribution in [3.05, 3.63) is 17.5 Å². The van der Waals surface area contributed by atoms with Gasteiger partial charge in [-0.2, -0.15) is 4.31 Å². The molecule has 4 rings (SSSR count). The van der Waals surface area contributed by atoms with Crippen molar-refractivity contribution in [2.75, 3.05) is 13.1 Å². The van der Waals surface area contributed by atoms with Crippen LogP contribution in [-0.4, -0.2) is 37.9 Å². The van der Waals surface area contributed by atoms with Crippen LogP contribution in [0.3, 0.4) is 0 Å². The standard InChI is InChI=1S/C15H22N2O2S2/c18-21(19,15-2-1-7-20-15)17-6-5-13(10-17)16-14-9-11-3-4-12(14)8-11/h1-2,7,11-14,16H,3-6,8-10H2/t11-,12+,13?,14+/m0/s1. The van der Waals surface area contributed by atoms with Crippen molar-refractivity contribution in [2.24, 2.45) is 11.8 Å². The summed E-state index contributed by atoms with van der Waals surface area (Å²) in [7, 11) is -3.26. The van der Waals surface area contributed by atoms with Crippen molar-refractivity contribution in [2.45, 2.75) is 48.4 Å². The van der Waals surface area contributed by atoms with Gasteiger partial charge in [0.25, 0.3) is 10.0 Å². The van der Waals surface area contributed by atoms with Crippen LogP contribution in [-0.2, 0) is 10.0 Å². The summed E-state index contributed by atoms with van der Waals surface area (Å²) >= 11 is 1.31. The maximum Gasteiger partial charge on any atom is 0.252 e. The van der Waals surface area contributed by atoms with E-state index in [-0.39, 0.29) is 0 Å². The summed E-state index contributed by atoms with van der Waals surface area (Å²) in [5.41, 5.74) is 0. The lowest BCUT2D eigenvalue weighted by Crippen LogP contribution is -2.43. The molecule has 0 amide bonds. The summed E-state index contributed by atoms with van der Waals surface area (Å²) in [4.78, 5) is 0. The topological polar surface area (TPSA) is 49.4 Å². The molecule has 116 valence electrons. The highest BCUT2D eigenvalue weighted by Gasteiger charge is 2.41. The maximum atomic E-state index is 12.5. The molecule has 0 spiro atoms. The minimum absolute atomic E-state index is 0.337. The molecule has 0 radical (unpaired) electrons. The zero-order valence-corrected chi connectivity index (χ0v) is 13.7. The van der Waals surface area contributed by atoms with Gasteiger partial charge in [0.15, 0.2) is 0 Å². The zero-order chi connectivity index (χ0) is 14.4. The van der Waals surface area contributed by atoms with E-state index in [2.05, 4.69) is 5.32 Å². The van der Waals surface area contributed by atoms with Gasteiger partial charge in [0, 0.05) is 25.2 Å². The second-order valence-electron chi connectivity index (χ2n) is 6.73. The lowest BCUT2D eigenvalue weighted by molar-refractivity contribution is 0.319. The highest BCUT2D eigenvalue weighted by atomic mass is 32.2. The van der Waals surface area contributed by atoms with Crippen LogP contribution in [0.4, 0.5) is 0 Å². The van der Waals surface area contributed by atoms with Crippen molar-refractivity contribution in [3.63, 3.8) is 0 Å². The SMILES string of the molecule is O=S(=O)(c1cccs1)N1CCC(N[C@@H]2C[C@H]3CC[C@@H]2C3)C1. The first-order chi connectivity index (χ1) is 10.1. The van der Waals surface area contributed by atoms with Crippen molar-refractivity contribution in [1.82, 2.24) is 9.62 Å². The fourth-order valence-corrected chi connectivity index (χ4v) is 7.02. The van der Waals surface area contributed by atoms with Crippen molar-refractivity contribution in [3.8, 4) is 0 Å². The third-order valence-corrected chi connectivity index (χ3v) is 8.67. The van der Waals surface area contributed by atoms with E-state index in [1.165, 1.54) is 37.0 Å². The fraction of sp³-hybridized carbons (Fsp3) is 0.733. The van der Waals surface area contributed by atoms with Gasteiger partial charge in [0.05, 0.1) is 0 Å². The van der Waals surface area contributed by atoms with Crippen LogP contribution in [0, 0.1) is 11.8 Å². The Labute approximate surface area is 130 Å². The Hall–Kier alpha value is -0.430. The lowest BCUT2D eigenvalue weighted by Gasteiger charge is -2.26. The average molecular weight is 326 g/mol. The molecule has 1 aliphatic heterocycles. The van der Waals surface area contributed by atoms with E-state index in [0.717, 1.165) is 18.3 Å². The third-order valence-electron chi connectivity index (χ3n) is 5.43. The summed E-state index contributed by atoms with van der Waals surface area (Å²) in [6, 6.07) is 4.48. The van der Waals surface area contributed by atoms with Crippen LogP contribution in [0.5, 0.6) is 0 Å². The molecule has 21 heavy (non-hydrogen) atoms. The van der Waals surface area contributed by atoms with Crippen LogP contribution < -0.4 is 5.32 Å². The molecule has 4 atom stereocenters. The second-order valence-corrected chi connectivity index (χ2v) is 9.84. The van der Waals surface area contributed by atoms with Gasteiger partial charge in [-0.05, 0) is 49.0 Å². The van der Waals surface area contributed by atoms with Gasteiger partial charge >= 0.3 is 0 Å². The average Bonchev–Trinajstić information content (AvgIpc) is 3.24. The predicted octanol–water partition coefficient (Wildman–Crippen LogP) is 2.29. The molecule has 2 bridgehead atoms. The highest BCUT2D eigenvalue weighted by molar-refractivity contribution is 7.91. The molecular weight excluding hydrogens is 304 g/mol. The number of hydrogen-bond acceptors (Lipinski definition) is 4. The van der Waals surface area contributed by atoms with E-state index >= 15 is 0 Å².